The second kappa shape index (κ2) is 6.56. The van der Waals surface area contributed by atoms with E-state index in [1.54, 1.807) is 0 Å². The number of fused-ring (bicyclic) bond motifs is 6. The highest BCUT2D eigenvalue weighted by molar-refractivity contribution is 6.10. The first-order valence-electron chi connectivity index (χ1n) is 10.8. The van der Waals surface area contributed by atoms with Gasteiger partial charge in [-0.25, -0.2) is 4.98 Å². The van der Waals surface area contributed by atoms with Crippen LogP contribution in [0.4, 0.5) is 0 Å². The molecule has 3 aromatic heterocycles. The molecule has 150 valence electrons. The third-order valence-corrected chi connectivity index (χ3v) is 6.38. The average molecular weight is 409 g/mol. The summed E-state index contributed by atoms with van der Waals surface area (Å²) in [6, 6.07) is 38.5. The van der Waals surface area contributed by atoms with Crippen LogP contribution in [0.25, 0.3) is 55.1 Å². The van der Waals surface area contributed by atoms with E-state index in [9.17, 15) is 0 Å². The van der Waals surface area contributed by atoms with Gasteiger partial charge in [-0.1, -0.05) is 72.8 Å². The van der Waals surface area contributed by atoms with Crippen molar-refractivity contribution in [2.24, 2.45) is 0 Å². The summed E-state index contributed by atoms with van der Waals surface area (Å²) in [5.41, 5.74) is 5.80. The maximum absolute atomic E-state index is 4.93. The van der Waals surface area contributed by atoms with Gasteiger partial charge in [0.2, 0.25) is 0 Å². The van der Waals surface area contributed by atoms with Gasteiger partial charge in [-0.3, -0.25) is 4.57 Å². The number of aromatic nitrogens is 3. The van der Waals surface area contributed by atoms with Crippen molar-refractivity contribution >= 4 is 43.6 Å². The highest BCUT2D eigenvalue weighted by atomic mass is 15.1. The van der Waals surface area contributed by atoms with E-state index < -0.39 is 0 Å². The van der Waals surface area contributed by atoms with Crippen LogP contribution in [0.15, 0.2) is 115 Å². The van der Waals surface area contributed by atoms with Crippen molar-refractivity contribution < 1.29 is 0 Å². The zero-order chi connectivity index (χ0) is 21.1. The van der Waals surface area contributed by atoms with Crippen molar-refractivity contribution in [3.63, 3.8) is 0 Å². The average Bonchev–Trinajstić information content (AvgIpc) is 3.38. The topological polar surface area (TPSA) is 22.8 Å². The Kier molecular flexibility index (Phi) is 3.55. The summed E-state index contributed by atoms with van der Waals surface area (Å²) in [5, 5.41) is 5.01. The molecule has 3 heteroatoms. The van der Waals surface area contributed by atoms with E-state index in [1.807, 2.05) is 6.20 Å². The molecule has 0 saturated carbocycles. The van der Waals surface area contributed by atoms with E-state index in [1.165, 1.54) is 43.6 Å². The molecule has 7 aromatic rings. The number of pyridine rings is 1. The smallest absolute Gasteiger partial charge is 0.137 e. The van der Waals surface area contributed by atoms with E-state index in [-0.39, 0.29) is 0 Å². The maximum Gasteiger partial charge on any atom is 0.137 e. The predicted octanol–water partition coefficient (Wildman–Crippen LogP) is 7.28. The third-order valence-electron chi connectivity index (χ3n) is 6.38. The summed E-state index contributed by atoms with van der Waals surface area (Å²) in [4.78, 5) is 4.93. The molecular formula is C29H19N3. The van der Waals surface area contributed by atoms with Crippen LogP contribution >= 0.6 is 0 Å². The maximum atomic E-state index is 4.93. The highest BCUT2D eigenvalue weighted by Crippen LogP contribution is 2.33. The fourth-order valence-corrected chi connectivity index (χ4v) is 5.01. The molecule has 4 aromatic carbocycles. The Balaban J connectivity index is 1.47. The molecule has 0 saturated heterocycles. The third kappa shape index (κ3) is 2.33. The van der Waals surface area contributed by atoms with E-state index >= 15 is 0 Å². The van der Waals surface area contributed by atoms with Gasteiger partial charge in [-0.2, -0.15) is 0 Å². The summed E-state index contributed by atoms with van der Waals surface area (Å²) in [6.45, 7) is 0. The zero-order valence-corrected chi connectivity index (χ0v) is 17.3. The van der Waals surface area contributed by atoms with Crippen molar-refractivity contribution in [1.82, 2.24) is 14.1 Å². The molecule has 0 amide bonds. The van der Waals surface area contributed by atoms with E-state index in [2.05, 4.69) is 118 Å². The van der Waals surface area contributed by atoms with Gasteiger partial charge < -0.3 is 4.57 Å². The van der Waals surface area contributed by atoms with Crippen LogP contribution in [0, 0.1) is 0 Å². The molecule has 0 aliphatic rings. The van der Waals surface area contributed by atoms with Crippen LogP contribution in [0.2, 0.25) is 0 Å². The van der Waals surface area contributed by atoms with Crippen LogP contribution in [-0.4, -0.2) is 14.1 Å². The van der Waals surface area contributed by atoms with Gasteiger partial charge in [-0.05, 0) is 36.4 Å². The molecule has 32 heavy (non-hydrogen) atoms. The molecule has 0 unspecified atom stereocenters. The SMILES string of the molecule is c1ccc2c(c1)c1ccccc1n2-c1ccc(-n2c3ccccc3c3ccccc32)nc1. The minimum absolute atomic E-state index is 0.923. The van der Waals surface area contributed by atoms with Crippen LogP contribution in [0.3, 0.4) is 0 Å². The second-order valence-corrected chi connectivity index (χ2v) is 8.11. The molecule has 0 fully saturated rings. The Morgan fingerprint density at radius 1 is 0.406 bits per heavy atom. The van der Waals surface area contributed by atoms with Crippen LogP contribution in [0.1, 0.15) is 0 Å². The standard InChI is InChI=1S/C29H19N3/c1-5-13-25-21(9-1)22-10-2-6-14-26(22)31(25)20-17-18-29(30-19-20)32-27-15-7-3-11-23(27)24-12-4-8-16-28(24)32/h1-19H. The molecular weight excluding hydrogens is 390 g/mol. The minimum atomic E-state index is 0.923. The van der Waals surface area contributed by atoms with Crippen molar-refractivity contribution in [2.45, 2.75) is 0 Å². The van der Waals surface area contributed by atoms with Crippen molar-refractivity contribution in [3.8, 4) is 11.5 Å². The van der Waals surface area contributed by atoms with Crippen molar-refractivity contribution in [2.75, 3.05) is 0 Å². The number of hydrogen-bond acceptors (Lipinski definition) is 1. The van der Waals surface area contributed by atoms with Gasteiger partial charge in [0, 0.05) is 21.5 Å². The number of nitrogens with zero attached hydrogens (tertiary/aromatic N) is 3. The van der Waals surface area contributed by atoms with Gasteiger partial charge in [-0.15, -0.1) is 0 Å². The largest absolute Gasteiger partial charge is 0.308 e. The lowest BCUT2D eigenvalue weighted by Gasteiger charge is -2.10. The number of para-hydroxylation sites is 4. The second-order valence-electron chi connectivity index (χ2n) is 8.11. The van der Waals surface area contributed by atoms with E-state index in [0.29, 0.717) is 0 Å². The number of rotatable bonds is 2. The first kappa shape index (κ1) is 17.3. The predicted molar refractivity (Wildman–Crippen MR) is 133 cm³/mol. The lowest BCUT2D eigenvalue weighted by molar-refractivity contribution is 1.05. The molecule has 0 bridgehead atoms. The first-order chi connectivity index (χ1) is 15.9. The summed E-state index contributed by atoms with van der Waals surface area (Å²) in [5.74, 6) is 0.923. The lowest BCUT2D eigenvalue weighted by atomic mass is 10.2. The van der Waals surface area contributed by atoms with Crippen LogP contribution in [-0.2, 0) is 0 Å². The summed E-state index contributed by atoms with van der Waals surface area (Å²) in [7, 11) is 0. The molecule has 0 atom stereocenters. The van der Waals surface area contributed by atoms with Gasteiger partial charge in [0.1, 0.15) is 5.82 Å². The van der Waals surface area contributed by atoms with Crippen LogP contribution < -0.4 is 0 Å². The molecule has 3 heterocycles. The minimum Gasteiger partial charge on any atom is -0.308 e. The summed E-state index contributed by atoms with van der Waals surface area (Å²) in [6.07, 6.45) is 1.98. The van der Waals surface area contributed by atoms with Gasteiger partial charge in [0.15, 0.2) is 0 Å². The normalized spacial score (nSPS) is 11.8. The summed E-state index contributed by atoms with van der Waals surface area (Å²) < 4.78 is 4.55. The quantitative estimate of drug-likeness (QED) is 0.294. The Bertz CT molecular complexity index is 1530. The van der Waals surface area contributed by atoms with Gasteiger partial charge >= 0.3 is 0 Å². The Morgan fingerprint density at radius 3 is 1.22 bits per heavy atom. The molecule has 0 N–H and O–H groups in total. The van der Waals surface area contributed by atoms with E-state index in [4.69, 9.17) is 4.98 Å². The number of hydrogen-bond donors (Lipinski definition) is 0. The van der Waals surface area contributed by atoms with E-state index in [0.717, 1.165) is 11.5 Å². The Morgan fingerprint density at radius 2 is 0.812 bits per heavy atom. The Labute approximate surface area is 184 Å². The Hall–Kier alpha value is -4.37. The molecule has 0 aliphatic carbocycles. The lowest BCUT2D eigenvalue weighted by Crippen LogP contribution is -2.00. The van der Waals surface area contributed by atoms with Crippen molar-refractivity contribution in [3.05, 3.63) is 115 Å². The van der Waals surface area contributed by atoms with Gasteiger partial charge in [0.05, 0.1) is 34.0 Å². The molecule has 7 rings (SSSR count). The zero-order valence-electron chi connectivity index (χ0n) is 17.3. The number of benzene rings is 4. The monoisotopic (exact) mass is 409 g/mol. The fourth-order valence-electron chi connectivity index (χ4n) is 5.01. The molecule has 0 radical (unpaired) electrons. The molecule has 0 spiro atoms. The molecule has 0 aliphatic heterocycles. The first-order valence-corrected chi connectivity index (χ1v) is 10.8. The highest BCUT2D eigenvalue weighted by Gasteiger charge is 2.14. The van der Waals surface area contributed by atoms with Crippen LogP contribution in [0.5, 0.6) is 0 Å². The summed E-state index contributed by atoms with van der Waals surface area (Å²) >= 11 is 0. The van der Waals surface area contributed by atoms with Crippen molar-refractivity contribution in [1.29, 1.82) is 0 Å². The fraction of sp³-hybridized carbons (Fsp3) is 0. The molecule has 3 nitrogen and oxygen atoms in total. The van der Waals surface area contributed by atoms with Gasteiger partial charge in [0.25, 0.3) is 0 Å².